The van der Waals surface area contributed by atoms with Crippen LogP contribution in [-0.2, 0) is 4.74 Å². The molecule has 2 N–H and O–H groups in total. The summed E-state index contributed by atoms with van der Waals surface area (Å²) in [5.41, 5.74) is 5.85. The predicted molar refractivity (Wildman–Crippen MR) is 61.7 cm³/mol. The smallest absolute Gasteiger partial charge is 0.0469 e. The number of hydrogen-bond donors (Lipinski definition) is 1. The largest absolute Gasteiger partial charge is 0.381 e. The Labute approximate surface area is 93.0 Å². The molecule has 3 heteroatoms. The second-order valence-corrected chi connectivity index (χ2v) is 5.12. The Bertz CT molecular complexity index is 192. The standard InChI is InChI=1S/C12H24N2O/c1-10-2-5-14(12(10)8-13)9-11-3-6-15-7-4-11/h10-12H,2-9,13H2,1H3. The average molecular weight is 212 g/mol. The van der Waals surface area contributed by atoms with Crippen molar-refractivity contribution in [2.24, 2.45) is 17.6 Å². The summed E-state index contributed by atoms with van der Waals surface area (Å²) in [6.07, 6.45) is 3.80. The van der Waals surface area contributed by atoms with Gasteiger partial charge in [-0.25, -0.2) is 0 Å². The van der Waals surface area contributed by atoms with Crippen molar-refractivity contribution in [3.63, 3.8) is 0 Å². The van der Waals surface area contributed by atoms with E-state index >= 15 is 0 Å². The van der Waals surface area contributed by atoms with E-state index in [2.05, 4.69) is 11.8 Å². The average Bonchev–Trinajstić information content (AvgIpc) is 2.61. The van der Waals surface area contributed by atoms with Gasteiger partial charge in [-0.1, -0.05) is 6.92 Å². The molecule has 88 valence electrons. The van der Waals surface area contributed by atoms with E-state index in [0.717, 1.165) is 31.6 Å². The number of rotatable bonds is 3. The number of nitrogens with two attached hydrogens (primary N) is 1. The zero-order chi connectivity index (χ0) is 10.7. The van der Waals surface area contributed by atoms with Crippen LogP contribution in [0.1, 0.15) is 26.2 Å². The summed E-state index contributed by atoms with van der Waals surface area (Å²) in [5, 5.41) is 0. The molecule has 2 saturated heterocycles. The Hall–Kier alpha value is -0.120. The Morgan fingerprint density at radius 3 is 2.67 bits per heavy atom. The van der Waals surface area contributed by atoms with E-state index in [4.69, 9.17) is 10.5 Å². The molecule has 0 aromatic rings. The molecule has 2 aliphatic rings. The molecule has 2 aliphatic heterocycles. The van der Waals surface area contributed by atoms with E-state index in [0.29, 0.717) is 6.04 Å². The molecular weight excluding hydrogens is 188 g/mol. The number of nitrogens with zero attached hydrogens (tertiary/aromatic N) is 1. The minimum absolute atomic E-state index is 0.632. The highest BCUT2D eigenvalue weighted by Gasteiger charge is 2.31. The third kappa shape index (κ3) is 2.71. The van der Waals surface area contributed by atoms with Crippen LogP contribution < -0.4 is 5.73 Å². The first-order valence-corrected chi connectivity index (χ1v) is 6.33. The lowest BCUT2D eigenvalue weighted by atomic mass is 9.98. The van der Waals surface area contributed by atoms with Crippen molar-refractivity contribution in [1.82, 2.24) is 4.90 Å². The molecule has 0 spiro atoms. The van der Waals surface area contributed by atoms with Gasteiger partial charge < -0.3 is 10.5 Å². The van der Waals surface area contributed by atoms with Crippen LogP contribution in [0, 0.1) is 11.8 Å². The first-order chi connectivity index (χ1) is 7.31. The fourth-order valence-electron chi connectivity index (χ4n) is 2.96. The van der Waals surface area contributed by atoms with Gasteiger partial charge in [-0.05, 0) is 37.6 Å². The van der Waals surface area contributed by atoms with E-state index in [-0.39, 0.29) is 0 Å². The molecule has 0 aromatic carbocycles. The van der Waals surface area contributed by atoms with Crippen LogP contribution in [0.5, 0.6) is 0 Å². The highest BCUT2D eigenvalue weighted by atomic mass is 16.5. The summed E-state index contributed by atoms with van der Waals surface area (Å²) in [5.74, 6) is 1.63. The van der Waals surface area contributed by atoms with E-state index < -0.39 is 0 Å². The topological polar surface area (TPSA) is 38.5 Å². The van der Waals surface area contributed by atoms with Crippen LogP contribution in [0.15, 0.2) is 0 Å². The van der Waals surface area contributed by atoms with E-state index in [9.17, 15) is 0 Å². The Morgan fingerprint density at radius 1 is 1.27 bits per heavy atom. The first-order valence-electron chi connectivity index (χ1n) is 6.33. The molecule has 2 rings (SSSR count). The van der Waals surface area contributed by atoms with Crippen molar-refractivity contribution in [3.8, 4) is 0 Å². The van der Waals surface area contributed by atoms with Crippen molar-refractivity contribution in [2.45, 2.75) is 32.2 Å². The number of ether oxygens (including phenoxy) is 1. The Morgan fingerprint density at radius 2 is 2.00 bits per heavy atom. The van der Waals surface area contributed by atoms with Gasteiger partial charge in [0.15, 0.2) is 0 Å². The van der Waals surface area contributed by atoms with Gasteiger partial charge in [-0.3, -0.25) is 4.90 Å². The van der Waals surface area contributed by atoms with Gasteiger partial charge in [-0.15, -0.1) is 0 Å². The van der Waals surface area contributed by atoms with Crippen molar-refractivity contribution in [3.05, 3.63) is 0 Å². The normalized spacial score (nSPS) is 34.8. The van der Waals surface area contributed by atoms with Gasteiger partial charge in [0.05, 0.1) is 0 Å². The van der Waals surface area contributed by atoms with Gasteiger partial charge in [0, 0.05) is 32.3 Å². The molecule has 0 bridgehead atoms. The van der Waals surface area contributed by atoms with Crippen molar-refractivity contribution >= 4 is 0 Å². The summed E-state index contributed by atoms with van der Waals surface area (Å²) in [4.78, 5) is 2.61. The zero-order valence-corrected chi connectivity index (χ0v) is 9.82. The van der Waals surface area contributed by atoms with Crippen molar-refractivity contribution in [1.29, 1.82) is 0 Å². The molecule has 0 saturated carbocycles. The highest BCUT2D eigenvalue weighted by molar-refractivity contribution is 4.86. The lowest BCUT2D eigenvalue weighted by Gasteiger charge is -2.31. The van der Waals surface area contributed by atoms with E-state index in [1.54, 1.807) is 0 Å². The molecule has 0 aromatic heterocycles. The molecule has 3 nitrogen and oxygen atoms in total. The molecule has 2 unspecified atom stereocenters. The molecule has 2 atom stereocenters. The van der Waals surface area contributed by atoms with Crippen LogP contribution >= 0.6 is 0 Å². The minimum Gasteiger partial charge on any atom is -0.381 e. The van der Waals surface area contributed by atoms with Crippen LogP contribution in [0.4, 0.5) is 0 Å². The Balaban J connectivity index is 1.82. The third-order valence-electron chi connectivity index (χ3n) is 4.07. The van der Waals surface area contributed by atoms with Crippen LogP contribution in [-0.4, -0.2) is 43.8 Å². The first kappa shape index (κ1) is 11.4. The number of likely N-dealkylation sites (tertiary alicyclic amines) is 1. The fourth-order valence-corrected chi connectivity index (χ4v) is 2.96. The zero-order valence-electron chi connectivity index (χ0n) is 9.82. The monoisotopic (exact) mass is 212 g/mol. The molecule has 0 aliphatic carbocycles. The maximum absolute atomic E-state index is 5.85. The summed E-state index contributed by atoms with van der Waals surface area (Å²) in [6.45, 7) is 7.57. The van der Waals surface area contributed by atoms with Gasteiger partial charge in [-0.2, -0.15) is 0 Å². The van der Waals surface area contributed by atoms with Crippen molar-refractivity contribution in [2.75, 3.05) is 32.8 Å². The van der Waals surface area contributed by atoms with Gasteiger partial charge in [0.1, 0.15) is 0 Å². The van der Waals surface area contributed by atoms with Crippen LogP contribution in [0.25, 0.3) is 0 Å². The Kier molecular flexibility index (Phi) is 4.00. The molecule has 2 fully saturated rings. The summed E-state index contributed by atoms with van der Waals surface area (Å²) >= 11 is 0. The fraction of sp³-hybridized carbons (Fsp3) is 1.00. The summed E-state index contributed by atoms with van der Waals surface area (Å²) in [7, 11) is 0. The second-order valence-electron chi connectivity index (χ2n) is 5.12. The molecular formula is C12H24N2O. The van der Waals surface area contributed by atoms with Gasteiger partial charge in [0.25, 0.3) is 0 Å². The number of hydrogen-bond acceptors (Lipinski definition) is 3. The predicted octanol–water partition coefficient (Wildman–Crippen LogP) is 1.08. The van der Waals surface area contributed by atoms with Crippen LogP contribution in [0.3, 0.4) is 0 Å². The second kappa shape index (κ2) is 5.28. The van der Waals surface area contributed by atoms with Gasteiger partial charge >= 0.3 is 0 Å². The molecule has 15 heavy (non-hydrogen) atoms. The lowest BCUT2D eigenvalue weighted by Crippen LogP contribution is -2.41. The van der Waals surface area contributed by atoms with Crippen molar-refractivity contribution < 1.29 is 4.74 Å². The van der Waals surface area contributed by atoms with Gasteiger partial charge in [0.2, 0.25) is 0 Å². The minimum atomic E-state index is 0.632. The maximum atomic E-state index is 5.85. The SMILES string of the molecule is CC1CCN(CC2CCOCC2)C1CN. The summed E-state index contributed by atoms with van der Waals surface area (Å²) < 4.78 is 5.40. The summed E-state index contributed by atoms with van der Waals surface area (Å²) in [6, 6.07) is 0.632. The molecule has 0 radical (unpaired) electrons. The molecule has 2 heterocycles. The lowest BCUT2D eigenvalue weighted by molar-refractivity contribution is 0.0500. The van der Waals surface area contributed by atoms with E-state index in [1.165, 1.54) is 32.4 Å². The maximum Gasteiger partial charge on any atom is 0.0469 e. The molecule has 0 amide bonds. The highest BCUT2D eigenvalue weighted by Crippen LogP contribution is 2.26. The quantitative estimate of drug-likeness (QED) is 0.761. The third-order valence-corrected chi connectivity index (χ3v) is 4.07. The van der Waals surface area contributed by atoms with E-state index in [1.807, 2.05) is 0 Å². The van der Waals surface area contributed by atoms with Crippen LogP contribution in [0.2, 0.25) is 0 Å².